The summed E-state index contributed by atoms with van der Waals surface area (Å²) in [6.07, 6.45) is 0.977. The zero-order valence-electron chi connectivity index (χ0n) is 7.12. The summed E-state index contributed by atoms with van der Waals surface area (Å²) in [5, 5.41) is 0.200. The van der Waals surface area contributed by atoms with Crippen molar-refractivity contribution < 1.29 is 4.79 Å². The molecule has 64 valence electrons. The van der Waals surface area contributed by atoms with E-state index in [1.165, 1.54) is 17.3 Å². The van der Waals surface area contributed by atoms with Crippen molar-refractivity contribution in [3.8, 4) is 0 Å². The molecule has 0 N–H and O–H groups in total. The van der Waals surface area contributed by atoms with E-state index in [4.69, 9.17) is 0 Å². The second-order valence-corrected chi connectivity index (χ2v) is 3.85. The first-order chi connectivity index (χ1) is 5.79. The number of carbonyl (C=O) groups excluding carboxylic acids is 1. The Bertz CT molecular complexity index is 243. The van der Waals surface area contributed by atoms with Crippen molar-refractivity contribution in [1.29, 1.82) is 0 Å². The van der Waals surface area contributed by atoms with Crippen LogP contribution in [0.5, 0.6) is 0 Å². The van der Waals surface area contributed by atoms with Gasteiger partial charge in [-0.3, -0.25) is 4.79 Å². The van der Waals surface area contributed by atoms with Crippen molar-refractivity contribution >= 4 is 16.9 Å². The molecule has 0 saturated heterocycles. The molecule has 0 bridgehead atoms. The van der Waals surface area contributed by atoms with Crippen molar-refractivity contribution in [2.24, 2.45) is 0 Å². The van der Waals surface area contributed by atoms with Gasteiger partial charge in [0, 0.05) is 12.7 Å². The van der Waals surface area contributed by atoms with Gasteiger partial charge in [-0.25, -0.2) is 0 Å². The largest absolute Gasteiger partial charge is 0.288 e. The van der Waals surface area contributed by atoms with Crippen LogP contribution in [0.4, 0.5) is 0 Å². The highest BCUT2D eigenvalue weighted by Crippen LogP contribution is 2.06. The standard InChI is InChI=1S/C10H12OS/c1-9(11)12-8-7-10-5-3-2-4-6-10/h2-6H,7-8H2,1H3. The maximum Gasteiger partial charge on any atom is 0.185 e. The molecule has 1 aromatic rings. The summed E-state index contributed by atoms with van der Waals surface area (Å²) in [4.78, 5) is 10.6. The van der Waals surface area contributed by atoms with Gasteiger partial charge in [-0.1, -0.05) is 42.1 Å². The zero-order valence-corrected chi connectivity index (χ0v) is 7.93. The van der Waals surface area contributed by atoms with Gasteiger partial charge in [-0.15, -0.1) is 0 Å². The fraction of sp³-hybridized carbons (Fsp3) is 0.300. The molecule has 12 heavy (non-hydrogen) atoms. The van der Waals surface area contributed by atoms with Gasteiger partial charge in [-0.2, -0.15) is 0 Å². The first kappa shape index (κ1) is 9.33. The predicted molar refractivity (Wildman–Crippen MR) is 53.3 cm³/mol. The molecule has 0 aliphatic heterocycles. The van der Waals surface area contributed by atoms with Crippen molar-refractivity contribution in [3.05, 3.63) is 35.9 Å². The monoisotopic (exact) mass is 180 g/mol. The van der Waals surface area contributed by atoms with Gasteiger partial charge in [0.15, 0.2) is 5.12 Å². The lowest BCUT2D eigenvalue weighted by Gasteiger charge is -1.97. The summed E-state index contributed by atoms with van der Waals surface area (Å²) in [5.74, 6) is 0.888. The minimum absolute atomic E-state index is 0.200. The number of rotatable bonds is 3. The number of carbonyl (C=O) groups is 1. The Balaban J connectivity index is 2.29. The van der Waals surface area contributed by atoms with E-state index in [1.54, 1.807) is 6.92 Å². The Morgan fingerprint density at radius 1 is 1.33 bits per heavy atom. The Hall–Kier alpha value is -0.760. The average Bonchev–Trinajstić information content (AvgIpc) is 2.05. The van der Waals surface area contributed by atoms with Crippen LogP contribution < -0.4 is 0 Å². The Labute approximate surface area is 77.2 Å². The van der Waals surface area contributed by atoms with Crippen molar-refractivity contribution in [2.75, 3.05) is 5.75 Å². The lowest BCUT2D eigenvalue weighted by molar-refractivity contribution is -0.109. The fourth-order valence-electron chi connectivity index (χ4n) is 0.957. The van der Waals surface area contributed by atoms with E-state index in [1.807, 2.05) is 18.2 Å². The molecule has 0 radical (unpaired) electrons. The maximum absolute atomic E-state index is 10.6. The molecular formula is C10H12OS. The van der Waals surface area contributed by atoms with E-state index in [-0.39, 0.29) is 5.12 Å². The van der Waals surface area contributed by atoms with Crippen LogP contribution in [0.1, 0.15) is 12.5 Å². The van der Waals surface area contributed by atoms with Gasteiger partial charge in [0.05, 0.1) is 0 Å². The van der Waals surface area contributed by atoms with Crippen LogP contribution in [0.25, 0.3) is 0 Å². The van der Waals surface area contributed by atoms with Crippen LogP contribution in [0.15, 0.2) is 30.3 Å². The van der Waals surface area contributed by atoms with Gasteiger partial charge < -0.3 is 0 Å². The van der Waals surface area contributed by atoms with E-state index < -0.39 is 0 Å². The highest BCUT2D eigenvalue weighted by molar-refractivity contribution is 8.13. The van der Waals surface area contributed by atoms with Gasteiger partial charge >= 0.3 is 0 Å². The molecule has 2 heteroatoms. The Morgan fingerprint density at radius 3 is 2.58 bits per heavy atom. The zero-order chi connectivity index (χ0) is 8.81. The Kier molecular flexibility index (Phi) is 3.88. The smallest absolute Gasteiger partial charge is 0.185 e. The van der Waals surface area contributed by atoms with Crippen LogP contribution in [-0.4, -0.2) is 10.9 Å². The number of thioether (sulfide) groups is 1. The van der Waals surface area contributed by atoms with Crippen molar-refractivity contribution in [3.63, 3.8) is 0 Å². The molecule has 0 aliphatic carbocycles. The second-order valence-electron chi connectivity index (χ2n) is 2.58. The SMILES string of the molecule is CC(=O)SCCc1ccccc1. The molecule has 1 rings (SSSR count). The third-order valence-electron chi connectivity index (χ3n) is 1.54. The number of benzene rings is 1. The average molecular weight is 180 g/mol. The molecule has 0 atom stereocenters. The molecule has 0 aliphatic rings. The molecule has 0 fully saturated rings. The van der Waals surface area contributed by atoms with Crippen LogP contribution >= 0.6 is 11.8 Å². The number of hydrogen-bond acceptors (Lipinski definition) is 2. The summed E-state index contributed by atoms with van der Waals surface area (Å²) >= 11 is 1.39. The van der Waals surface area contributed by atoms with E-state index >= 15 is 0 Å². The normalized spacial score (nSPS) is 9.75. The summed E-state index contributed by atoms with van der Waals surface area (Å²) in [6.45, 7) is 1.61. The van der Waals surface area contributed by atoms with Crippen molar-refractivity contribution in [2.45, 2.75) is 13.3 Å². The fourth-order valence-corrected chi connectivity index (χ4v) is 1.58. The molecule has 0 amide bonds. The molecular weight excluding hydrogens is 168 g/mol. The first-order valence-corrected chi connectivity index (χ1v) is 4.95. The predicted octanol–water partition coefficient (Wildman–Crippen LogP) is 2.51. The molecule has 0 unspecified atom stereocenters. The van der Waals surface area contributed by atoms with Crippen LogP contribution in [0.3, 0.4) is 0 Å². The van der Waals surface area contributed by atoms with Crippen LogP contribution in [0.2, 0.25) is 0 Å². The van der Waals surface area contributed by atoms with Gasteiger partial charge in [0.25, 0.3) is 0 Å². The highest BCUT2D eigenvalue weighted by Gasteiger charge is 1.94. The Morgan fingerprint density at radius 2 is 2.00 bits per heavy atom. The number of aryl methyl sites for hydroxylation is 1. The van der Waals surface area contributed by atoms with E-state index in [0.29, 0.717) is 0 Å². The molecule has 1 aromatic carbocycles. The third-order valence-corrected chi connectivity index (χ3v) is 2.35. The molecule has 0 aromatic heterocycles. The molecule has 0 spiro atoms. The lowest BCUT2D eigenvalue weighted by atomic mass is 10.2. The third kappa shape index (κ3) is 3.58. The minimum atomic E-state index is 0.200. The van der Waals surface area contributed by atoms with Gasteiger partial charge in [0.2, 0.25) is 0 Å². The highest BCUT2D eigenvalue weighted by atomic mass is 32.2. The summed E-state index contributed by atoms with van der Waals surface area (Å²) in [6, 6.07) is 10.2. The van der Waals surface area contributed by atoms with Crippen LogP contribution in [-0.2, 0) is 11.2 Å². The first-order valence-electron chi connectivity index (χ1n) is 3.96. The summed E-state index contributed by atoms with van der Waals surface area (Å²) < 4.78 is 0. The molecule has 1 nitrogen and oxygen atoms in total. The quantitative estimate of drug-likeness (QED) is 0.711. The topological polar surface area (TPSA) is 17.1 Å². The van der Waals surface area contributed by atoms with E-state index in [2.05, 4.69) is 12.1 Å². The maximum atomic E-state index is 10.6. The lowest BCUT2D eigenvalue weighted by Crippen LogP contribution is -1.90. The molecule has 0 heterocycles. The molecule has 0 saturated carbocycles. The second kappa shape index (κ2) is 4.99. The van der Waals surface area contributed by atoms with Crippen molar-refractivity contribution in [1.82, 2.24) is 0 Å². The van der Waals surface area contributed by atoms with Gasteiger partial charge in [0.1, 0.15) is 0 Å². The van der Waals surface area contributed by atoms with E-state index in [9.17, 15) is 4.79 Å². The minimum Gasteiger partial charge on any atom is -0.288 e. The number of hydrogen-bond donors (Lipinski definition) is 0. The summed E-state index contributed by atoms with van der Waals surface area (Å²) in [7, 11) is 0. The van der Waals surface area contributed by atoms with Gasteiger partial charge in [-0.05, 0) is 12.0 Å². The summed E-state index contributed by atoms with van der Waals surface area (Å²) in [5.41, 5.74) is 1.30. The van der Waals surface area contributed by atoms with Crippen LogP contribution in [0, 0.1) is 0 Å². The van der Waals surface area contributed by atoms with E-state index in [0.717, 1.165) is 12.2 Å².